The maximum atomic E-state index is 5.18. The molecule has 5 aliphatic rings. The third-order valence-corrected chi connectivity index (χ3v) is 9.75. The van der Waals surface area contributed by atoms with Gasteiger partial charge in [0.1, 0.15) is 0 Å². The molecule has 0 radical (unpaired) electrons. The molecule has 2 nitrogen and oxygen atoms in total. The van der Waals surface area contributed by atoms with Gasteiger partial charge in [-0.05, 0) is 74.0 Å². The summed E-state index contributed by atoms with van der Waals surface area (Å²) in [4.78, 5) is 0. The van der Waals surface area contributed by atoms with E-state index in [1.54, 1.807) is 49.8 Å². The molecule has 0 aromatic heterocycles. The largest absolute Gasteiger partial charge is 0.151 e. The highest BCUT2D eigenvalue weighted by atomic mass is 32.2. The Balaban J connectivity index is 1.29. The highest BCUT2D eigenvalue weighted by molar-refractivity contribution is 8.01. The lowest BCUT2D eigenvalue weighted by atomic mass is 9.54. The summed E-state index contributed by atoms with van der Waals surface area (Å²) in [5.41, 5.74) is 0. The molecule has 0 amide bonds. The van der Waals surface area contributed by atoms with Crippen molar-refractivity contribution >= 4 is 24.1 Å². The van der Waals surface area contributed by atoms with E-state index in [0.717, 1.165) is 35.5 Å². The smallest absolute Gasteiger partial charge is 0.0488 e. The minimum absolute atomic E-state index is 0.683. The van der Waals surface area contributed by atoms with E-state index in [-0.39, 0.29) is 0 Å². The second-order valence-electron chi connectivity index (χ2n) is 8.66. The molecular formula is C18H28O2S2. The first-order valence-corrected chi connectivity index (χ1v) is 11.1. The molecule has 4 heteroatoms. The van der Waals surface area contributed by atoms with E-state index in [0.29, 0.717) is 10.5 Å². The van der Waals surface area contributed by atoms with Crippen LogP contribution in [0.2, 0.25) is 0 Å². The molecule has 1 saturated heterocycles. The third-order valence-electron chi connectivity index (χ3n) is 7.66. The van der Waals surface area contributed by atoms with Crippen LogP contribution in [0.4, 0.5) is 0 Å². The monoisotopic (exact) mass is 340 g/mol. The Hall–Kier alpha value is 0.620. The van der Waals surface area contributed by atoms with Crippen molar-refractivity contribution in [2.45, 2.75) is 74.7 Å². The zero-order chi connectivity index (χ0) is 14.5. The highest BCUT2D eigenvalue weighted by Gasteiger charge is 2.48. The lowest BCUT2D eigenvalue weighted by molar-refractivity contribution is -0.0644. The summed E-state index contributed by atoms with van der Waals surface area (Å²) >= 11 is 3.21. The normalized spacial score (nSPS) is 54.5. The van der Waals surface area contributed by atoms with Gasteiger partial charge in [-0.3, -0.25) is 0 Å². The van der Waals surface area contributed by atoms with E-state index in [9.17, 15) is 0 Å². The summed E-state index contributed by atoms with van der Waals surface area (Å²) in [6.45, 7) is 0. The van der Waals surface area contributed by atoms with Crippen LogP contribution >= 0.6 is 24.1 Å². The van der Waals surface area contributed by atoms with Gasteiger partial charge in [-0.25, -0.2) is 0 Å². The van der Waals surface area contributed by atoms with E-state index in [1.807, 2.05) is 0 Å². The van der Waals surface area contributed by atoms with Gasteiger partial charge in [0.05, 0.1) is 0 Å². The zero-order valence-corrected chi connectivity index (χ0v) is 15.0. The molecule has 0 aromatic carbocycles. The average molecular weight is 341 g/mol. The van der Waals surface area contributed by atoms with Crippen LogP contribution in [0.5, 0.6) is 0 Å². The van der Waals surface area contributed by atoms with E-state index in [4.69, 9.17) is 8.67 Å². The van der Waals surface area contributed by atoms with Crippen LogP contribution in [0.1, 0.15) is 64.2 Å². The van der Waals surface area contributed by atoms with Gasteiger partial charge < -0.3 is 0 Å². The third kappa shape index (κ3) is 2.66. The molecular weight excluding hydrogens is 312 g/mol. The Labute approximate surface area is 143 Å². The molecule has 8 unspecified atom stereocenters. The molecule has 124 valence electrons. The second-order valence-corrected chi connectivity index (χ2v) is 10.5. The maximum absolute atomic E-state index is 5.18. The van der Waals surface area contributed by atoms with Gasteiger partial charge in [0.25, 0.3) is 0 Å². The molecule has 0 bridgehead atoms. The summed E-state index contributed by atoms with van der Waals surface area (Å²) < 4.78 is 10.4. The molecule has 0 N–H and O–H groups in total. The predicted molar refractivity (Wildman–Crippen MR) is 92.0 cm³/mol. The zero-order valence-electron chi connectivity index (χ0n) is 13.3. The molecule has 0 spiro atoms. The lowest BCUT2D eigenvalue weighted by Gasteiger charge is -2.53. The molecule has 1 heterocycles. The average Bonchev–Trinajstić information content (AvgIpc) is 2.56. The number of rotatable bonds is 0. The van der Waals surface area contributed by atoms with E-state index >= 15 is 0 Å². The first-order valence-electron chi connectivity index (χ1n) is 9.52. The Bertz CT molecular complexity index is 344. The van der Waals surface area contributed by atoms with Gasteiger partial charge in [0.15, 0.2) is 0 Å². The highest BCUT2D eigenvalue weighted by Crippen LogP contribution is 2.57. The van der Waals surface area contributed by atoms with E-state index < -0.39 is 0 Å². The fourth-order valence-corrected chi connectivity index (χ4v) is 8.47. The van der Waals surface area contributed by atoms with Crippen LogP contribution < -0.4 is 0 Å². The van der Waals surface area contributed by atoms with Crippen LogP contribution in [-0.4, -0.2) is 10.5 Å². The van der Waals surface area contributed by atoms with E-state index in [1.165, 1.54) is 38.5 Å². The van der Waals surface area contributed by atoms with Gasteiger partial charge in [0, 0.05) is 34.6 Å². The van der Waals surface area contributed by atoms with Crippen molar-refractivity contribution in [3.8, 4) is 0 Å². The predicted octanol–water partition coefficient (Wildman–Crippen LogP) is 5.63. The van der Waals surface area contributed by atoms with Crippen molar-refractivity contribution in [2.24, 2.45) is 35.5 Å². The fourth-order valence-electron chi connectivity index (χ4n) is 6.62. The van der Waals surface area contributed by atoms with Crippen LogP contribution in [0.3, 0.4) is 0 Å². The lowest BCUT2D eigenvalue weighted by Crippen LogP contribution is -2.45. The van der Waals surface area contributed by atoms with Gasteiger partial charge in [0.2, 0.25) is 0 Å². The first kappa shape index (κ1) is 14.9. The van der Waals surface area contributed by atoms with Crippen LogP contribution in [0.25, 0.3) is 0 Å². The molecule has 5 rings (SSSR count). The topological polar surface area (TPSA) is 18.5 Å². The van der Waals surface area contributed by atoms with Crippen molar-refractivity contribution in [3.63, 3.8) is 0 Å². The minimum Gasteiger partial charge on any atom is -0.151 e. The van der Waals surface area contributed by atoms with Gasteiger partial charge in [-0.1, -0.05) is 25.7 Å². The van der Waals surface area contributed by atoms with E-state index in [2.05, 4.69) is 0 Å². The molecule has 8 atom stereocenters. The summed E-state index contributed by atoms with van der Waals surface area (Å²) in [6.07, 6.45) is 15.1. The number of hydrogen-bond donors (Lipinski definition) is 0. The molecule has 0 aromatic rings. The SMILES string of the molecule is C1CCC2CC3CC4CC5SOOSC5CC4CC3CC2C1. The molecule has 4 aliphatic carbocycles. The van der Waals surface area contributed by atoms with Crippen molar-refractivity contribution in [1.29, 1.82) is 0 Å². The molecule has 1 aliphatic heterocycles. The van der Waals surface area contributed by atoms with Crippen LogP contribution in [0, 0.1) is 35.5 Å². The molecule has 5 fully saturated rings. The summed E-state index contributed by atoms with van der Waals surface area (Å²) in [5, 5.41) is 1.37. The standard InChI is InChI=1S/C18H28O2S2/c1-2-4-12-6-14-8-16-10-18-17(21-19-20-22-18)9-15(16)7-13(14)5-11(12)3-1/h11-18H,1-10H2. The fraction of sp³-hybridized carbons (Fsp3) is 1.00. The summed E-state index contributed by atoms with van der Waals surface area (Å²) in [7, 11) is 0. The molecule has 4 saturated carbocycles. The van der Waals surface area contributed by atoms with Crippen molar-refractivity contribution in [1.82, 2.24) is 0 Å². The quantitative estimate of drug-likeness (QED) is 0.420. The summed E-state index contributed by atoms with van der Waals surface area (Å²) in [5.74, 6) is 6.29. The Morgan fingerprint density at radius 1 is 0.500 bits per heavy atom. The molecule has 22 heavy (non-hydrogen) atoms. The van der Waals surface area contributed by atoms with Crippen LogP contribution in [-0.2, 0) is 8.67 Å². The van der Waals surface area contributed by atoms with Crippen molar-refractivity contribution in [3.05, 3.63) is 0 Å². The van der Waals surface area contributed by atoms with Gasteiger partial charge in [-0.15, -0.1) is 0 Å². The van der Waals surface area contributed by atoms with Crippen molar-refractivity contribution in [2.75, 3.05) is 0 Å². The first-order chi connectivity index (χ1) is 10.9. The Morgan fingerprint density at radius 2 is 0.909 bits per heavy atom. The van der Waals surface area contributed by atoms with Crippen LogP contribution in [0.15, 0.2) is 0 Å². The van der Waals surface area contributed by atoms with Gasteiger partial charge in [-0.2, -0.15) is 8.67 Å². The minimum atomic E-state index is 0.683. The van der Waals surface area contributed by atoms with Crippen molar-refractivity contribution < 1.29 is 8.67 Å². The Morgan fingerprint density at radius 3 is 1.41 bits per heavy atom. The maximum Gasteiger partial charge on any atom is 0.0488 e. The van der Waals surface area contributed by atoms with Gasteiger partial charge >= 0.3 is 0 Å². The summed E-state index contributed by atoms with van der Waals surface area (Å²) in [6, 6.07) is 0. The Kier molecular flexibility index (Phi) is 4.18. The number of hydrogen-bond acceptors (Lipinski definition) is 4. The number of fused-ring (bicyclic) bond motifs is 4. The second kappa shape index (κ2) is 6.16.